The van der Waals surface area contributed by atoms with Gasteiger partial charge in [0, 0.05) is 19.8 Å². The number of hydrogen-bond donors (Lipinski definition) is 2. The first kappa shape index (κ1) is 16.6. The molecule has 0 aliphatic carbocycles. The average Bonchev–Trinajstić information content (AvgIpc) is 2.50. The summed E-state index contributed by atoms with van der Waals surface area (Å²) in [6.45, 7) is 0.853. The third-order valence-corrected chi connectivity index (χ3v) is 2.89. The summed E-state index contributed by atoms with van der Waals surface area (Å²) in [5, 5.41) is 8.79. The number of aliphatic hydroxyl groups excluding tert-OH is 1. The summed E-state index contributed by atoms with van der Waals surface area (Å²) < 4.78 is 21.5. The molecule has 1 atom stereocenters. The van der Waals surface area contributed by atoms with Crippen molar-refractivity contribution in [2.75, 3.05) is 41.1 Å². The van der Waals surface area contributed by atoms with E-state index in [2.05, 4.69) is 0 Å². The molecule has 0 heterocycles. The quantitative estimate of drug-likeness (QED) is 0.661. The molecule has 0 saturated heterocycles. The molecular formula is C14H23NO5. The molecule has 20 heavy (non-hydrogen) atoms. The summed E-state index contributed by atoms with van der Waals surface area (Å²) in [5.41, 5.74) is 6.59. The number of rotatable bonds is 9. The van der Waals surface area contributed by atoms with Gasteiger partial charge in [-0.2, -0.15) is 0 Å². The summed E-state index contributed by atoms with van der Waals surface area (Å²) >= 11 is 0. The van der Waals surface area contributed by atoms with Crippen LogP contribution in [0.5, 0.6) is 17.2 Å². The Morgan fingerprint density at radius 3 is 2.10 bits per heavy atom. The molecule has 0 aliphatic heterocycles. The standard InChI is InChI=1S/C14H23NO5/c1-17-11-7-10(8-12(18-2)14(11)19-3)13(9-15)20-6-4-5-16/h7-8,13,16H,4-6,9,15H2,1-3H3. The topological polar surface area (TPSA) is 83.2 Å². The van der Waals surface area contributed by atoms with Gasteiger partial charge in [0.05, 0.1) is 27.4 Å². The molecule has 0 bridgehead atoms. The van der Waals surface area contributed by atoms with E-state index in [-0.39, 0.29) is 12.7 Å². The number of benzene rings is 1. The summed E-state index contributed by atoms with van der Waals surface area (Å²) in [4.78, 5) is 0. The molecule has 0 aliphatic rings. The monoisotopic (exact) mass is 285 g/mol. The van der Waals surface area contributed by atoms with E-state index in [4.69, 9.17) is 29.8 Å². The fraction of sp³-hybridized carbons (Fsp3) is 0.571. The van der Waals surface area contributed by atoms with Crippen molar-refractivity contribution >= 4 is 0 Å². The van der Waals surface area contributed by atoms with E-state index in [0.29, 0.717) is 36.8 Å². The van der Waals surface area contributed by atoms with E-state index in [9.17, 15) is 0 Å². The molecule has 0 saturated carbocycles. The fourth-order valence-electron chi connectivity index (χ4n) is 1.88. The minimum Gasteiger partial charge on any atom is -0.493 e. The lowest BCUT2D eigenvalue weighted by Crippen LogP contribution is -2.17. The van der Waals surface area contributed by atoms with Gasteiger partial charge < -0.3 is 29.8 Å². The van der Waals surface area contributed by atoms with Crippen molar-refractivity contribution in [2.24, 2.45) is 5.73 Å². The van der Waals surface area contributed by atoms with Gasteiger partial charge in [0.15, 0.2) is 11.5 Å². The van der Waals surface area contributed by atoms with Gasteiger partial charge in [-0.3, -0.25) is 0 Å². The highest BCUT2D eigenvalue weighted by atomic mass is 16.5. The van der Waals surface area contributed by atoms with Crippen LogP contribution in [0.1, 0.15) is 18.1 Å². The van der Waals surface area contributed by atoms with Crippen molar-refractivity contribution in [3.05, 3.63) is 17.7 Å². The van der Waals surface area contributed by atoms with E-state index in [1.807, 2.05) is 12.1 Å². The Morgan fingerprint density at radius 2 is 1.70 bits per heavy atom. The van der Waals surface area contributed by atoms with Gasteiger partial charge in [-0.1, -0.05) is 0 Å². The van der Waals surface area contributed by atoms with Crippen molar-refractivity contribution < 1.29 is 24.1 Å². The molecule has 114 valence electrons. The van der Waals surface area contributed by atoms with Crippen molar-refractivity contribution in [1.82, 2.24) is 0 Å². The Kier molecular flexibility index (Phi) is 7.14. The molecule has 0 radical (unpaired) electrons. The average molecular weight is 285 g/mol. The van der Waals surface area contributed by atoms with Crippen LogP contribution in [0.25, 0.3) is 0 Å². The Balaban J connectivity index is 3.03. The molecule has 1 aromatic rings. The lowest BCUT2D eigenvalue weighted by molar-refractivity contribution is 0.0485. The Morgan fingerprint density at radius 1 is 1.10 bits per heavy atom. The Bertz CT molecular complexity index is 386. The van der Waals surface area contributed by atoms with Gasteiger partial charge >= 0.3 is 0 Å². The molecule has 1 aromatic carbocycles. The molecule has 0 amide bonds. The Hall–Kier alpha value is -1.50. The van der Waals surface area contributed by atoms with Crippen LogP contribution in [0, 0.1) is 0 Å². The SMILES string of the molecule is COc1cc(C(CN)OCCCO)cc(OC)c1OC. The minimum atomic E-state index is -0.282. The predicted octanol–water partition coefficient (Wildman–Crippen LogP) is 1.11. The number of nitrogens with two attached hydrogens (primary N) is 1. The predicted molar refractivity (Wildman–Crippen MR) is 75.5 cm³/mol. The first-order chi connectivity index (χ1) is 9.71. The van der Waals surface area contributed by atoms with Crippen LogP contribution in [0.3, 0.4) is 0 Å². The van der Waals surface area contributed by atoms with E-state index in [1.165, 1.54) is 0 Å². The number of methoxy groups -OCH3 is 3. The Labute approximate surface area is 119 Å². The molecule has 0 fully saturated rings. The second-order valence-electron chi connectivity index (χ2n) is 4.13. The van der Waals surface area contributed by atoms with E-state index >= 15 is 0 Å². The molecule has 1 unspecified atom stereocenters. The van der Waals surface area contributed by atoms with E-state index in [1.54, 1.807) is 21.3 Å². The van der Waals surface area contributed by atoms with Gasteiger partial charge in [0.1, 0.15) is 0 Å². The second kappa shape index (κ2) is 8.63. The van der Waals surface area contributed by atoms with Crippen LogP contribution in [0.2, 0.25) is 0 Å². The normalized spacial score (nSPS) is 12.1. The summed E-state index contributed by atoms with van der Waals surface area (Å²) in [7, 11) is 4.68. The molecule has 6 heteroatoms. The van der Waals surface area contributed by atoms with Crippen LogP contribution in [0.4, 0.5) is 0 Å². The summed E-state index contributed by atoms with van der Waals surface area (Å²) in [6.07, 6.45) is 0.288. The van der Waals surface area contributed by atoms with E-state index in [0.717, 1.165) is 5.56 Å². The van der Waals surface area contributed by atoms with Crippen molar-refractivity contribution in [1.29, 1.82) is 0 Å². The first-order valence-electron chi connectivity index (χ1n) is 6.44. The zero-order valence-corrected chi connectivity index (χ0v) is 12.2. The molecule has 0 spiro atoms. The van der Waals surface area contributed by atoms with Gasteiger partial charge in [0.2, 0.25) is 5.75 Å². The maximum atomic E-state index is 8.79. The lowest BCUT2D eigenvalue weighted by Gasteiger charge is -2.20. The second-order valence-corrected chi connectivity index (χ2v) is 4.13. The highest BCUT2D eigenvalue weighted by molar-refractivity contribution is 5.54. The van der Waals surface area contributed by atoms with Crippen molar-refractivity contribution in [3.63, 3.8) is 0 Å². The largest absolute Gasteiger partial charge is 0.493 e. The molecule has 0 aromatic heterocycles. The van der Waals surface area contributed by atoms with Crippen LogP contribution >= 0.6 is 0 Å². The first-order valence-corrected chi connectivity index (χ1v) is 6.44. The van der Waals surface area contributed by atoms with Gasteiger partial charge in [0.25, 0.3) is 0 Å². The van der Waals surface area contributed by atoms with Crippen LogP contribution < -0.4 is 19.9 Å². The molecule has 3 N–H and O–H groups in total. The highest BCUT2D eigenvalue weighted by Crippen LogP contribution is 2.40. The minimum absolute atomic E-state index is 0.0898. The zero-order valence-electron chi connectivity index (χ0n) is 12.2. The number of ether oxygens (including phenoxy) is 4. The van der Waals surface area contributed by atoms with Crippen LogP contribution in [-0.4, -0.2) is 46.2 Å². The maximum absolute atomic E-state index is 8.79. The molecular weight excluding hydrogens is 262 g/mol. The third kappa shape index (κ3) is 4.00. The van der Waals surface area contributed by atoms with E-state index < -0.39 is 0 Å². The van der Waals surface area contributed by atoms with Gasteiger partial charge in [-0.05, 0) is 24.1 Å². The van der Waals surface area contributed by atoms with Crippen LogP contribution in [-0.2, 0) is 4.74 Å². The van der Waals surface area contributed by atoms with Crippen LogP contribution in [0.15, 0.2) is 12.1 Å². The number of hydrogen-bond acceptors (Lipinski definition) is 6. The summed E-state index contributed by atoms with van der Waals surface area (Å²) in [5.74, 6) is 1.65. The maximum Gasteiger partial charge on any atom is 0.203 e. The van der Waals surface area contributed by atoms with Crippen molar-refractivity contribution in [3.8, 4) is 17.2 Å². The number of aliphatic hydroxyl groups is 1. The zero-order chi connectivity index (χ0) is 15.0. The molecule has 1 rings (SSSR count). The van der Waals surface area contributed by atoms with Gasteiger partial charge in [-0.25, -0.2) is 0 Å². The highest BCUT2D eigenvalue weighted by Gasteiger charge is 2.18. The third-order valence-electron chi connectivity index (χ3n) is 2.89. The lowest BCUT2D eigenvalue weighted by atomic mass is 10.1. The molecule has 6 nitrogen and oxygen atoms in total. The van der Waals surface area contributed by atoms with Crippen molar-refractivity contribution in [2.45, 2.75) is 12.5 Å². The van der Waals surface area contributed by atoms with Gasteiger partial charge in [-0.15, -0.1) is 0 Å². The summed E-state index contributed by atoms with van der Waals surface area (Å²) in [6, 6.07) is 3.63. The fourth-order valence-corrected chi connectivity index (χ4v) is 1.88. The smallest absolute Gasteiger partial charge is 0.203 e.